The molecule has 1 spiro atoms. The van der Waals surface area contributed by atoms with Crippen LogP contribution in [-0.2, 0) is 9.67 Å². The fourth-order valence-electron chi connectivity index (χ4n) is 2.15. The third-order valence-corrected chi connectivity index (χ3v) is 4.39. The first-order valence-electron chi connectivity index (χ1n) is 4.91. The number of fused-ring (bicyclic) bond motifs is 2. The summed E-state index contributed by atoms with van der Waals surface area (Å²) in [4.78, 5) is 17.5. The van der Waals surface area contributed by atoms with Crippen LogP contribution in [0.25, 0.3) is 0 Å². The highest BCUT2D eigenvalue weighted by Gasteiger charge is 2.51. The molecule has 1 amide bonds. The summed E-state index contributed by atoms with van der Waals surface area (Å²) in [5.74, 6) is 0.787. The quantitative estimate of drug-likeness (QED) is 0.710. The highest BCUT2D eigenvalue weighted by molar-refractivity contribution is 8.01. The van der Waals surface area contributed by atoms with E-state index in [1.165, 1.54) is 0 Å². The van der Waals surface area contributed by atoms with Gasteiger partial charge in [-0.15, -0.1) is 11.8 Å². The second kappa shape index (κ2) is 3.25. The Morgan fingerprint density at radius 1 is 1.56 bits per heavy atom. The second-order valence-electron chi connectivity index (χ2n) is 3.79. The third-order valence-electron chi connectivity index (χ3n) is 2.92. The van der Waals surface area contributed by atoms with E-state index < -0.39 is 4.87 Å². The monoisotopic (exact) mass is 252 g/mol. The highest BCUT2D eigenvalue weighted by Crippen LogP contribution is 2.51. The molecule has 0 saturated heterocycles. The molecule has 0 aliphatic carbocycles. The van der Waals surface area contributed by atoms with Gasteiger partial charge in [0, 0.05) is 29.6 Å². The van der Waals surface area contributed by atoms with Gasteiger partial charge in [-0.1, -0.05) is 11.6 Å². The fourth-order valence-corrected chi connectivity index (χ4v) is 3.44. The summed E-state index contributed by atoms with van der Waals surface area (Å²) in [6.07, 6.45) is 1.80. The van der Waals surface area contributed by atoms with E-state index >= 15 is 0 Å². The molecular weight excluding hydrogens is 244 g/mol. The Labute approximate surface area is 102 Å². The van der Waals surface area contributed by atoms with Crippen LogP contribution in [-0.4, -0.2) is 24.9 Å². The van der Waals surface area contributed by atoms with Crippen molar-refractivity contribution in [1.29, 1.82) is 0 Å². The van der Waals surface area contributed by atoms with Gasteiger partial charge in [-0.25, -0.2) is 0 Å². The number of carbonyl (C=O) groups is 1. The minimum Gasteiger partial charge on any atom is -0.312 e. The third kappa shape index (κ3) is 1.11. The minimum atomic E-state index is -0.769. The zero-order valence-electron chi connectivity index (χ0n) is 8.61. The summed E-state index contributed by atoms with van der Waals surface area (Å²) in [6, 6.07) is 5.51. The van der Waals surface area contributed by atoms with Crippen molar-refractivity contribution in [2.75, 3.05) is 17.7 Å². The van der Waals surface area contributed by atoms with Crippen LogP contribution in [0.2, 0.25) is 5.02 Å². The molecule has 5 heteroatoms. The number of halogens is 1. The van der Waals surface area contributed by atoms with E-state index in [4.69, 9.17) is 11.6 Å². The highest BCUT2D eigenvalue weighted by atomic mass is 35.5. The maximum Gasteiger partial charge on any atom is 0.269 e. The molecule has 16 heavy (non-hydrogen) atoms. The molecule has 0 radical (unpaired) electrons. The van der Waals surface area contributed by atoms with E-state index in [1.54, 1.807) is 36.0 Å². The van der Waals surface area contributed by atoms with Gasteiger partial charge in [-0.2, -0.15) is 0 Å². The van der Waals surface area contributed by atoms with Crippen molar-refractivity contribution in [3.05, 3.63) is 28.8 Å². The average molecular weight is 253 g/mol. The lowest BCUT2D eigenvalue weighted by Gasteiger charge is -2.17. The van der Waals surface area contributed by atoms with Crippen LogP contribution in [0, 0.1) is 0 Å². The van der Waals surface area contributed by atoms with E-state index in [9.17, 15) is 4.79 Å². The molecule has 0 N–H and O–H groups in total. The molecule has 1 unspecified atom stereocenters. The number of likely N-dealkylation sites (N-methyl/N-ethyl adjacent to an activating group) is 1. The van der Waals surface area contributed by atoms with Crippen molar-refractivity contribution in [3.8, 4) is 0 Å². The van der Waals surface area contributed by atoms with Gasteiger partial charge in [0.1, 0.15) is 0 Å². The zero-order valence-corrected chi connectivity index (χ0v) is 10.2. The predicted octanol–water partition coefficient (Wildman–Crippen LogP) is 2.29. The zero-order chi connectivity index (χ0) is 11.3. The van der Waals surface area contributed by atoms with Gasteiger partial charge in [0.15, 0.2) is 0 Å². The molecular formula is C11H9ClN2OS. The Morgan fingerprint density at radius 3 is 3.06 bits per heavy atom. The Bertz CT molecular complexity index is 517. The number of thioether (sulfide) groups is 1. The molecule has 0 fully saturated rings. The summed E-state index contributed by atoms with van der Waals surface area (Å²) in [7, 11) is 1.78. The number of aliphatic imine (C=N–C) groups is 1. The van der Waals surface area contributed by atoms with Crippen LogP contribution in [0.5, 0.6) is 0 Å². The lowest BCUT2D eigenvalue weighted by molar-refractivity contribution is -0.119. The van der Waals surface area contributed by atoms with Crippen molar-refractivity contribution in [3.63, 3.8) is 0 Å². The predicted molar refractivity (Wildman–Crippen MR) is 67.5 cm³/mol. The number of nitrogens with zero attached hydrogens (tertiary/aromatic N) is 2. The summed E-state index contributed by atoms with van der Waals surface area (Å²) in [6.45, 7) is 0. The van der Waals surface area contributed by atoms with Crippen molar-refractivity contribution < 1.29 is 4.79 Å². The number of hydrogen-bond acceptors (Lipinski definition) is 3. The molecule has 1 aromatic carbocycles. The van der Waals surface area contributed by atoms with Crippen molar-refractivity contribution in [2.24, 2.45) is 4.99 Å². The first kappa shape index (κ1) is 10.2. The van der Waals surface area contributed by atoms with Crippen LogP contribution >= 0.6 is 23.4 Å². The van der Waals surface area contributed by atoms with E-state index in [2.05, 4.69) is 4.99 Å². The maximum atomic E-state index is 12.2. The van der Waals surface area contributed by atoms with Gasteiger partial charge in [-0.3, -0.25) is 9.79 Å². The van der Waals surface area contributed by atoms with Crippen LogP contribution in [0.3, 0.4) is 0 Å². The van der Waals surface area contributed by atoms with Gasteiger partial charge < -0.3 is 4.90 Å². The largest absolute Gasteiger partial charge is 0.312 e. The summed E-state index contributed by atoms with van der Waals surface area (Å²) >= 11 is 7.53. The fraction of sp³-hybridized carbons (Fsp3) is 0.273. The number of carbonyl (C=O) groups excluding carboxylic acids is 1. The Balaban J connectivity index is 2.27. The first-order valence-corrected chi connectivity index (χ1v) is 6.27. The van der Waals surface area contributed by atoms with Crippen molar-refractivity contribution in [2.45, 2.75) is 4.87 Å². The number of anilines is 1. The standard InChI is InChI=1S/C11H9ClN2OS/c1-14-9-3-2-7(12)6-8(9)11(10(14)15)13-4-5-16-11/h2-4,6H,5H2,1H3. The molecule has 82 valence electrons. The van der Waals surface area contributed by atoms with Gasteiger partial charge in [0.05, 0.1) is 5.69 Å². The normalized spacial score (nSPS) is 26.9. The van der Waals surface area contributed by atoms with E-state index in [-0.39, 0.29) is 5.91 Å². The van der Waals surface area contributed by atoms with E-state index in [0.717, 1.165) is 17.0 Å². The lowest BCUT2D eigenvalue weighted by atomic mass is 10.1. The van der Waals surface area contributed by atoms with Crippen LogP contribution in [0.1, 0.15) is 5.56 Å². The molecule has 1 atom stereocenters. The van der Waals surface area contributed by atoms with Gasteiger partial charge in [0.25, 0.3) is 5.91 Å². The SMILES string of the molecule is CN1C(=O)C2(N=CCS2)c2cc(Cl)ccc21. The maximum absolute atomic E-state index is 12.2. The number of amides is 1. The molecule has 3 nitrogen and oxygen atoms in total. The summed E-state index contributed by atoms with van der Waals surface area (Å²) < 4.78 is 0. The number of hydrogen-bond donors (Lipinski definition) is 0. The molecule has 0 aromatic heterocycles. The summed E-state index contributed by atoms with van der Waals surface area (Å²) in [5, 5.41) is 0.643. The van der Waals surface area contributed by atoms with Crippen LogP contribution in [0.15, 0.2) is 23.2 Å². The van der Waals surface area contributed by atoms with Gasteiger partial charge in [-0.05, 0) is 18.2 Å². The smallest absolute Gasteiger partial charge is 0.269 e. The van der Waals surface area contributed by atoms with Crippen molar-refractivity contribution >= 4 is 41.2 Å². The molecule has 0 bridgehead atoms. The minimum absolute atomic E-state index is 0.0171. The average Bonchev–Trinajstić information content (AvgIpc) is 2.83. The van der Waals surface area contributed by atoms with E-state index in [0.29, 0.717) is 5.02 Å². The van der Waals surface area contributed by atoms with Crippen LogP contribution in [0.4, 0.5) is 5.69 Å². The second-order valence-corrected chi connectivity index (χ2v) is 5.44. The lowest BCUT2D eigenvalue weighted by Crippen LogP contribution is -2.33. The molecule has 3 rings (SSSR count). The molecule has 0 saturated carbocycles. The number of benzene rings is 1. The Hall–Kier alpha value is -1.00. The van der Waals surface area contributed by atoms with Crippen molar-refractivity contribution in [1.82, 2.24) is 0 Å². The number of rotatable bonds is 0. The Kier molecular flexibility index (Phi) is 2.06. The molecule has 1 aromatic rings. The molecule has 2 aliphatic rings. The molecule has 2 heterocycles. The topological polar surface area (TPSA) is 32.7 Å². The summed E-state index contributed by atoms with van der Waals surface area (Å²) in [5.41, 5.74) is 1.81. The molecule has 2 aliphatic heterocycles. The van der Waals surface area contributed by atoms with Gasteiger partial charge in [0.2, 0.25) is 4.87 Å². The van der Waals surface area contributed by atoms with E-state index in [1.807, 2.05) is 12.1 Å². The Morgan fingerprint density at radius 2 is 2.38 bits per heavy atom. The van der Waals surface area contributed by atoms with Gasteiger partial charge >= 0.3 is 0 Å². The first-order chi connectivity index (χ1) is 7.65. The van der Waals surface area contributed by atoms with Crippen LogP contribution < -0.4 is 4.90 Å².